The average Bonchev–Trinajstić information content (AvgIpc) is 2.88. The van der Waals surface area contributed by atoms with Gasteiger partial charge in [-0.1, -0.05) is 12.1 Å². The van der Waals surface area contributed by atoms with Gasteiger partial charge in [0.25, 0.3) is 0 Å². The summed E-state index contributed by atoms with van der Waals surface area (Å²) in [5.74, 6) is 3.21. The van der Waals surface area contributed by atoms with Crippen LogP contribution in [0, 0.1) is 11.8 Å². The largest absolute Gasteiger partial charge is 0.497 e. The summed E-state index contributed by atoms with van der Waals surface area (Å²) in [7, 11) is 1.73. The van der Waals surface area contributed by atoms with Gasteiger partial charge in [0.2, 0.25) is 0 Å². The van der Waals surface area contributed by atoms with Crippen LogP contribution in [0.2, 0.25) is 0 Å². The van der Waals surface area contributed by atoms with Gasteiger partial charge in [-0.3, -0.25) is 4.79 Å². The summed E-state index contributed by atoms with van der Waals surface area (Å²) in [6, 6.07) is 6.53. The van der Waals surface area contributed by atoms with Gasteiger partial charge >= 0.3 is 0 Å². The van der Waals surface area contributed by atoms with E-state index in [9.17, 15) is 4.79 Å². The van der Waals surface area contributed by atoms with Crippen molar-refractivity contribution in [1.29, 1.82) is 0 Å². The van der Waals surface area contributed by atoms with Crippen LogP contribution in [0.25, 0.3) is 0 Å². The molecule has 1 fully saturated rings. The molecule has 3 aliphatic rings. The molecule has 0 aliphatic heterocycles. The highest BCUT2D eigenvalue weighted by Gasteiger charge is 2.43. The van der Waals surface area contributed by atoms with Crippen molar-refractivity contribution in [1.82, 2.24) is 0 Å². The van der Waals surface area contributed by atoms with Gasteiger partial charge in [-0.15, -0.1) is 0 Å². The Kier molecular flexibility index (Phi) is 2.73. The molecule has 104 valence electrons. The Labute approximate surface area is 119 Å². The fourth-order valence-corrected chi connectivity index (χ4v) is 4.58. The maximum atomic E-state index is 11.9. The number of hydrogen-bond donors (Lipinski definition) is 0. The van der Waals surface area contributed by atoms with Gasteiger partial charge in [-0.25, -0.2) is 0 Å². The molecular weight excluding hydrogens is 248 g/mol. The number of carbonyl (C=O) groups excluding carboxylic acids is 1. The topological polar surface area (TPSA) is 26.3 Å². The number of aryl methyl sites for hydroxylation is 1. The van der Waals surface area contributed by atoms with Crippen LogP contribution in [0.5, 0.6) is 5.75 Å². The summed E-state index contributed by atoms with van der Waals surface area (Å²) in [6.45, 7) is 0. The van der Waals surface area contributed by atoms with Crippen LogP contribution >= 0.6 is 0 Å². The molecule has 1 aromatic rings. The van der Waals surface area contributed by atoms with E-state index in [1.54, 1.807) is 7.11 Å². The van der Waals surface area contributed by atoms with Crippen LogP contribution in [0.15, 0.2) is 29.8 Å². The van der Waals surface area contributed by atoms with Crippen LogP contribution in [0.3, 0.4) is 0 Å². The molecule has 0 heterocycles. The lowest BCUT2D eigenvalue weighted by molar-refractivity contribution is -0.114. The molecule has 0 bridgehead atoms. The maximum Gasteiger partial charge on any atom is 0.158 e. The lowest BCUT2D eigenvalue weighted by atomic mass is 9.64. The van der Waals surface area contributed by atoms with E-state index in [2.05, 4.69) is 24.3 Å². The Morgan fingerprint density at radius 3 is 2.90 bits per heavy atom. The number of hydrogen-bond acceptors (Lipinski definition) is 2. The van der Waals surface area contributed by atoms with E-state index in [-0.39, 0.29) is 0 Å². The van der Waals surface area contributed by atoms with Crippen LogP contribution in [0.4, 0.5) is 0 Å². The van der Waals surface area contributed by atoms with Crippen molar-refractivity contribution in [2.45, 2.75) is 38.0 Å². The zero-order valence-electron chi connectivity index (χ0n) is 11.9. The van der Waals surface area contributed by atoms with Crippen molar-refractivity contribution in [2.24, 2.45) is 11.8 Å². The lowest BCUT2D eigenvalue weighted by Gasteiger charge is -2.40. The lowest BCUT2D eigenvalue weighted by Crippen LogP contribution is -2.30. The van der Waals surface area contributed by atoms with Gasteiger partial charge in [-0.2, -0.15) is 0 Å². The van der Waals surface area contributed by atoms with E-state index in [1.807, 2.05) is 0 Å². The second-order valence-corrected chi connectivity index (χ2v) is 6.34. The predicted octanol–water partition coefficient (Wildman–Crippen LogP) is 3.65. The third-order valence-electron chi connectivity index (χ3n) is 5.53. The number of benzene rings is 1. The Morgan fingerprint density at radius 2 is 2.05 bits per heavy atom. The number of ether oxygens (including phenoxy) is 1. The summed E-state index contributed by atoms with van der Waals surface area (Å²) in [5.41, 5.74) is 4.10. The first kappa shape index (κ1) is 12.2. The molecule has 0 saturated heterocycles. The summed E-state index contributed by atoms with van der Waals surface area (Å²) < 4.78 is 5.34. The standard InChI is InChI=1S/C18H20O2/c1-20-12-3-5-13-11(10-12)2-4-15-14(13)6-7-17-16(15)8-9-18(17)19/h3,5,7,10,14-16H,2,4,6,8-9H2,1H3/t14-,15-,16-/m1/s1. The molecular formula is C18H20O2. The van der Waals surface area contributed by atoms with Gasteiger partial charge in [0, 0.05) is 6.42 Å². The number of fused-ring (bicyclic) bond motifs is 5. The molecule has 0 N–H and O–H groups in total. The van der Waals surface area contributed by atoms with Gasteiger partial charge < -0.3 is 4.74 Å². The molecule has 3 atom stereocenters. The number of methoxy groups -OCH3 is 1. The van der Waals surface area contributed by atoms with Crippen molar-refractivity contribution < 1.29 is 9.53 Å². The molecule has 4 rings (SSSR count). The van der Waals surface area contributed by atoms with Crippen molar-refractivity contribution in [3.8, 4) is 5.75 Å². The van der Waals surface area contributed by atoms with Crippen LogP contribution in [-0.4, -0.2) is 12.9 Å². The number of allylic oxidation sites excluding steroid dienone is 2. The number of carbonyl (C=O) groups is 1. The average molecular weight is 268 g/mol. The molecule has 2 heteroatoms. The van der Waals surface area contributed by atoms with E-state index in [0.717, 1.165) is 37.0 Å². The molecule has 0 amide bonds. The van der Waals surface area contributed by atoms with Crippen molar-refractivity contribution in [2.75, 3.05) is 7.11 Å². The van der Waals surface area contributed by atoms with Crippen molar-refractivity contribution in [3.05, 3.63) is 41.0 Å². The van der Waals surface area contributed by atoms with E-state index in [1.165, 1.54) is 17.5 Å². The van der Waals surface area contributed by atoms with Gasteiger partial charge in [-0.05, 0) is 72.3 Å². The Balaban J connectivity index is 1.73. The quantitative estimate of drug-likeness (QED) is 0.777. The fourth-order valence-electron chi connectivity index (χ4n) is 4.58. The van der Waals surface area contributed by atoms with Crippen LogP contribution in [-0.2, 0) is 11.2 Å². The molecule has 0 unspecified atom stereocenters. The highest BCUT2D eigenvalue weighted by Crippen LogP contribution is 2.51. The Morgan fingerprint density at radius 1 is 1.15 bits per heavy atom. The minimum absolute atomic E-state index is 0.411. The second kappa shape index (κ2) is 4.47. The third kappa shape index (κ3) is 1.67. The van der Waals surface area contributed by atoms with Crippen LogP contribution in [0.1, 0.15) is 42.7 Å². The molecule has 0 radical (unpaired) electrons. The monoisotopic (exact) mass is 268 g/mol. The Hall–Kier alpha value is -1.57. The third-order valence-corrected chi connectivity index (χ3v) is 5.53. The van der Waals surface area contributed by atoms with Crippen LogP contribution < -0.4 is 4.74 Å². The molecule has 1 saturated carbocycles. The fraction of sp³-hybridized carbons (Fsp3) is 0.500. The maximum absolute atomic E-state index is 11.9. The van der Waals surface area contributed by atoms with Gasteiger partial charge in [0.05, 0.1) is 7.11 Å². The molecule has 20 heavy (non-hydrogen) atoms. The second-order valence-electron chi connectivity index (χ2n) is 6.34. The zero-order valence-corrected chi connectivity index (χ0v) is 11.9. The summed E-state index contributed by atoms with van der Waals surface area (Å²) in [6.07, 6.45) is 7.49. The van der Waals surface area contributed by atoms with E-state index in [4.69, 9.17) is 4.74 Å². The first-order valence-corrected chi connectivity index (χ1v) is 7.68. The molecule has 0 aromatic heterocycles. The minimum Gasteiger partial charge on any atom is -0.497 e. The first-order valence-electron chi connectivity index (χ1n) is 7.68. The molecule has 2 nitrogen and oxygen atoms in total. The number of Topliss-reactive ketones (excluding diaryl/α,β-unsaturated/α-hetero) is 1. The Bertz CT molecular complexity index is 599. The predicted molar refractivity (Wildman–Crippen MR) is 78.0 cm³/mol. The summed E-state index contributed by atoms with van der Waals surface area (Å²) in [4.78, 5) is 11.9. The number of ketones is 1. The van der Waals surface area contributed by atoms with E-state index in [0.29, 0.717) is 23.5 Å². The SMILES string of the molecule is COc1ccc2c(c1)CC[C@@H]1[C@@H]2CC=C2C(=O)CC[C@@H]21. The summed E-state index contributed by atoms with van der Waals surface area (Å²) >= 11 is 0. The molecule has 3 aliphatic carbocycles. The van der Waals surface area contributed by atoms with Gasteiger partial charge in [0.15, 0.2) is 5.78 Å². The highest BCUT2D eigenvalue weighted by molar-refractivity contribution is 5.98. The summed E-state index contributed by atoms with van der Waals surface area (Å²) in [5, 5.41) is 0. The minimum atomic E-state index is 0.411. The zero-order chi connectivity index (χ0) is 13.7. The molecule has 1 aromatic carbocycles. The smallest absolute Gasteiger partial charge is 0.158 e. The van der Waals surface area contributed by atoms with Gasteiger partial charge in [0.1, 0.15) is 5.75 Å². The van der Waals surface area contributed by atoms with Crippen molar-refractivity contribution >= 4 is 5.78 Å². The van der Waals surface area contributed by atoms with Crippen molar-refractivity contribution in [3.63, 3.8) is 0 Å². The number of rotatable bonds is 1. The van der Waals surface area contributed by atoms with E-state index >= 15 is 0 Å². The normalized spacial score (nSPS) is 31.1. The molecule has 0 spiro atoms. The first-order chi connectivity index (χ1) is 9.78. The van der Waals surface area contributed by atoms with E-state index < -0.39 is 0 Å². The highest BCUT2D eigenvalue weighted by atomic mass is 16.5.